The third kappa shape index (κ3) is 2.76. The highest BCUT2D eigenvalue weighted by molar-refractivity contribution is 5.92. The standard InChI is InChI=1S/C17H19N5O/c23-17(16-9-19-5-6-20-16)22-10-13-3-7-21(11-14(13)12-22)15-2-1-4-18-8-15/h1-2,4-6,8-9,13-14H,3,7,10-12H2/t13-,14+/m0/s1. The fourth-order valence-electron chi connectivity index (χ4n) is 3.68. The van der Waals surface area contributed by atoms with Crippen molar-refractivity contribution >= 4 is 11.6 Å². The van der Waals surface area contributed by atoms with Gasteiger partial charge in [-0.05, 0) is 30.4 Å². The van der Waals surface area contributed by atoms with E-state index < -0.39 is 0 Å². The van der Waals surface area contributed by atoms with Crippen LogP contribution in [0.3, 0.4) is 0 Å². The van der Waals surface area contributed by atoms with Gasteiger partial charge in [0.25, 0.3) is 5.91 Å². The van der Waals surface area contributed by atoms with E-state index in [1.807, 2.05) is 17.2 Å². The molecule has 2 aliphatic heterocycles. The van der Waals surface area contributed by atoms with Crippen molar-refractivity contribution < 1.29 is 4.79 Å². The molecule has 2 saturated heterocycles. The number of nitrogens with zero attached hydrogens (tertiary/aromatic N) is 5. The van der Waals surface area contributed by atoms with Crippen molar-refractivity contribution in [1.82, 2.24) is 19.9 Å². The molecule has 0 radical (unpaired) electrons. The van der Waals surface area contributed by atoms with Crippen LogP contribution in [0, 0.1) is 11.8 Å². The van der Waals surface area contributed by atoms with Crippen LogP contribution in [0.25, 0.3) is 0 Å². The highest BCUT2D eigenvalue weighted by Gasteiger charge is 2.39. The van der Waals surface area contributed by atoms with Crippen LogP contribution < -0.4 is 4.90 Å². The van der Waals surface area contributed by atoms with Gasteiger partial charge in [0.1, 0.15) is 5.69 Å². The smallest absolute Gasteiger partial charge is 0.274 e. The van der Waals surface area contributed by atoms with Gasteiger partial charge in [0.2, 0.25) is 0 Å². The topological polar surface area (TPSA) is 62.2 Å². The molecule has 6 heteroatoms. The number of carbonyl (C=O) groups excluding carboxylic acids is 1. The van der Waals surface area contributed by atoms with Crippen LogP contribution in [0.1, 0.15) is 16.9 Å². The maximum Gasteiger partial charge on any atom is 0.274 e. The van der Waals surface area contributed by atoms with Gasteiger partial charge in [-0.25, -0.2) is 4.98 Å². The Kier molecular flexibility index (Phi) is 3.65. The molecule has 0 unspecified atom stereocenters. The Bertz CT molecular complexity index is 678. The lowest BCUT2D eigenvalue weighted by molar-refractivity contribution is 0.0778. The van der Waals surface area contributed by atoms with Crippen LogP contribution in [0.15, 0.2) is 43.1 Å². The van der Waals surface area contributed by atoms with Gasteiger partial charge in [0, 0.05) is 44.8 Å². The maximum atomic E-state index is 12.5. The van der Waals surface area contributed by atoms with Crippen LogP contribution in [-0.4, -0.2) is 51.9 Å². The van der Waals surface area contributed by atoms with E-state index in [9.17, 15) is 4.79 Å². The van der Waals surface area contributed by atoms with E-state index in [1.165, 1.54) is 5.69 Å². The molecule has 23 heavy (non-hydrogen) atoms. The summed E-state index contributed by atoms with van der Waals surface area (Å²) in [6.45, 7) is 3.65. The summed E-state index contributed by atoms with van der Waals surface area (Å²) in [5.74, 6) is 1.11. The Labute approximate surface area is 135 Å². The predicted molar refractivity (Wildman–Crippen MR) is 86.0 cm³/mol. The van der Waals surface area contributed by atoms with Crippen molar-refractivity contribution in [3.8, 4) is 0 Å². The van der Waals surface area contributed by atoms with Crippen molar-refractivity contribution in [2.24, 2.45) is 11.8 Å². The van der Waals surface area contributed by atoms with Gasteiger partial charge in [0.15, 0.2) is 0 Å². The fraction of sp³-hybridized carbons (Fsp3) is 0.412. The Morgan fingerprint density at radius 3 is 2.70 bits per heavy atom. The van der Waals surface area contributed by atoms with Gasteiger partial charge in [-0.15, -0.1) is 0 Å². The van der Waals surface area contributed by atoms with E-state index in [4.69, 9.17) is 0 Å². The Hall–Kier alpha value is -2.50. The zero-order chi connectivity index (χ0) is 15.6. The highest BCUT2D eigenvalue weighted by atomic mass is 16.2. The number of likely N-dealkylation sites (tertiary alicyclic amines) is 1. The SMILES string of the molecule is O=C(c1cnccn1)N1C[C@@H]2CCN(c3cccnc3)C[C@@H]2C1. The number of piperidine rings is 1. The second-order valence-corrected chi connectivity index (χ2v) is 6.27. The molecule has 0 spiro atoms. The summed E-state index contributed by atoms with van der Waals surface area (Å²) in [6.07, 6.45) is 9.54. The van der Waals surface area contributed by atoms with E-state index in [0.717, 1.165) is 32.6 Å². The molecular weight excluding hydrogens is 290 g/mol. The molecule has 6 nitrogen and oxygen atoms in total. The average molecular weight is 309 g/mol. The summed E-state index contributed by atoms with van der Waals surface area (Å²) in [7, 11) is 0. The van der Waals surface area contributed by atoms with Crippen LogP contribution in [0.5, 0.6) is 0 Å². The van der Waals surface area contributed by atoms with Crippen LogP contribution >= 0.6 is 0 Å². The molecule has 2 aromatic heterocycles. The molecule has 2 aliphatic rings. The van der Waals surface area contributed by atoms with E-state index >= 15 is 0 Å². The predicted octanol–water partition coefficient (Wildman–Crippen LogP) is 1.47. The highest BCUT2D eigenvalue weighted by Crippen LogP contribution is 2.33. The summed E-state index contributed by atoms with van der Waals surface area (Å²) in [6, 6.07) is 4.07. The van der Waals surface area contributed by atoms with Crippen LogP contribution in [0.2, 0.25) is 0 Å². The first-order valence-electron chi connectivity index (χ1n) is 8.01. The molecule has 2 aromatic rings. The fourth-order valence-corrected chi connectivity index (χ4v) is 3.68. The van der Waals surface area contributed by atoms with Crippen LogP contribution in [-0.2, 0) is 0 Å². The normalized spacial score (nSPS) is 23.7. The van der Waals surface area contributed by atoms with Crippen molar-refractivity contribution in [3.05, 3.63) is 48.8 Å². The molecule has 2 atom stereocenters. The van der Waals surface area contributed by atoms with Crippen LogP contribution in [0.4, 0.5) is 5.69 Å². The number of anilines is 1. The van der Waals surface area contributed by atoms with Gasteiger partial charge in [-0.2, -0.15) is 0 Å². The number of carbonyl (C=O) groups is 1. The second-order valence-electron chi connectivity index (χ2n) is 6.27. The monoisotopic (exact) mass is 309 g/mol. The molecule has 2 fully saturated rings. The minimum atomic E-state index is 0.000396. The third-order valence-corrected chi connectivity index (χ3v) is 4.88. The zero-order valence-electron chi connectivity index (χ0n) is 12.9. The second kappa shape index (κ2) is 5.95. The largest absolute Gasteiger partial charge is 0.370 e. The van der Waals surface area contributed by atoms with E-state index in [2.05, 4.69) is 25.9 Å². The minimum absolute atomic E-state index is 0.000396. The summed E-state index contributed by atoms with van der Waals surface area (Å²) < 4.78 is 0. The molecule has 4 heterocycles. The zero-order valence-corrected chi connectivity index (χ0v) is 12.9. The van der Waals surface area contributed by atoms with Crippen molar-refractivity contribution in [3.63, 3.8) is 0 Å². The number of fused-ring (bicyclic) bond motifs is 1. The first-order valence-corrected chi connectivity index (χ1v) is 8.01. The molecule has 0 saturated carbocycles. The minimum Gasteiger partial charge on any atom is -0.370 e. The van der Waals surface area contributed by atoms with Crippen molar-refractivity contribution in [2.75, 3.05) is 31.1 Å². The van der Waals surface area contributed by atoms with Gasteiger partial charge < -0.3 is 9.80 Å². The lowest BCUT2D eigenvalue weighted by atomic mass is 9.88. The number of hydrogen-bond donors (Lipinski definition) is 0. The third-order valence-electron chi connectivity index (χ3n) is 4.88. The first kappa shape index (κ1) is 14.1. The number of hydrogen-bond acceptors (Lipinski definition) is 5. The van der Waals surface area contributed by atoms with Crippen molar-refractivity contribution in [1.29, 1.82) is 0 Å². The van der Waals surface area contributed by atoms with E-state index in [1.54, 1.807) is 24.8 Å². The van der Waals surface area contributed by atoms with Crippen molar-refractivity contribution in [2.45, 2.75) is 6.42 Å². The van der Waals surface area contributed by atoms with Gasteiger partial charge in [-0.3, -0.25) is 14.8 Å². The number of rotatable bonds is 2. The quantitative estimate of drug-likeness (QED) is 0.840. The summed E-state index contributed by atoms with van der Waals surface area (Å²) in [5, 5.41) is 0. The summed E-state index contributed by atoms with van der Waals surface area (Å²) in [5.41, 5.74) is 1.61. The Morgan fingerprint density at radius 1 is 1.04 bits per heavy atom. The van der Waals surface area contributed by atoms with Gasteiger partial charge in [-0.1, -0.05) is 0 Å². The lowest BCUT2D eigenvalue weighted by Crippen LogP contribution is -2.40. The lowest BCUT2D eigenvalue weighted by Gasteiger charge is -2.35. The molecule has 4 rings (SSSR count). The summed E-state index contributed by atoms with van der Waals surface area (Å²) >= 11 is 0. The Balaban J connectivity index is 1.45. The number of aromatic nitrogens is 3. The molecule has 0 bridgehead atoms. The molecule has 0 aromatic carbocycles. The maximum absolute atomic E-state index is 12.5. The molecule has 1 amide bonds. The summed E-state index contributed by atoms with van der Waals surface area (Å²) in [4.78, 5) is 29.2. The van der Waals surface area contributed by atoms with Gasteiger partial charge >= 0.3 is 0 Å². The van der Waals surface area contributed by atoms with E-state index in [0.29, 0.717) is 17.5 Å². The first-order chi connectivity index (χ1) is 11.3. The van der Waals surface area contributed by atoms with Gasteiger partial charge in [0.05, 0.1) is 18.1 Å². The molecule has 0 aliphatic carbocycles. The average Bonchev–Trinajstić information content (AvgIpc) is 3.06. The molecular formula is C17H19N5O. The molecule has 118 valence electrons. The van der Waals surface area contributed by atoms with E-state index in [-0.39, 0.29) is 5.91 Å². The Morgan fingerprint density at radius 2 is 1.91 bits per heavy atom. The molecule has 0 N–H and O–H groups in total. The number of amides is 1. The number of pyridine rings is 1.